The lowest BCUT2D eigenvalue weighted by molar-refractivity contribution is -0.138. The Kier molecular flexibility index (Phi) is 5.72. The van der Waals surface area contributed by atoms with Gasteiger partial charge in [-0.05, 0) is 29.2 Å². The summed E-state index contributed by atoms with van der Waals surface area (Å²) >= 11 is 0. The second kappa shape index (κ2) is 8.41. The van der Waals surface area contributed by atoms with E-state index >= 15 is 0 Å². The Hall–Kier alpha value is -2.60. The number of hydrogen-bond donors (Lipinski definition) is 0. The number of carbonyl (C=O) groups excluding carboxylic acids is 2. The number of carbonyl (C=O) groups is 2. The fourth-order valence-corrected chi connectivity index (χ4v) is 4.38. The van der Waals surface area contributed by atoms with Crippen molar-refractivity contribution in [2.45, 2.75) is 32.9 Å². The predicted octanol–water partition coefficient (Wildman–Crippen LogP) is 2.65. The van der Waals surface area contributed by atoms with Crippen molar-refractivity contribution in [3.05, 3.63) is 59.5 Å². The average molecular weight is 396 g/mol. The lowest BCUT2D eigenvalue weighted by Crippen LogP contribution is -2.57. The zero-order valence-corrected chi connectivity index (χ0v) is 17.2. The number of amides is 2. The summed E-state index contributed by atoms with van der Waals surface area (Å²) in [5, 5.41) is 0. The molecule has 2 amide bonds. The predicted molar refractivity (Wildman–Crippen MR) is 110 cm³/mol. The largest absolute Gasteiger partial charge is 0.459 e. The van der Waals surface area contributed by atoms with E-state index in [0.29, 0.717) is 32.0 Å². The number of piperazine rings is 1. The summed E-state index contributed by atoms with van der Waals surface area (Å²) in [7, 11) is 0. The lowest BCUT2D eigenvalue weighted by atomic mass is 9.92. The van der Waals surface area contributed by atoms with Crippen LogP contribution in [0.25, 0.3) is 0 Å². The molecule has 2 aromatic rings. The van der Waals surface area contributed by atoms with Crippen LogP contribution in [0.15, 0.2) is 47.1 Å². The highest BCUT2D eigenvalue weighted by atomic mass is 16.3. The van der Waals surface area contributed by atoms with Gasteiger partial charge in [-0.2, -0.15) is 0 Å². The summed E-state index contributed by atoms with van der Waals surface area (Å²) in [4.78, 5) is 32.6. The van der Waals surface area contributed by atoms with Crippen molar-refractivity contribution >= 4 is 11.8 Å². The summed E-state index contributed by atoms with van der Waals surface area (Å²) < 4.78 is 5.34. The molecule has 2 aliphatic rings. The third kappa shape index (κ3) is 4.22. The van der Waals surface area contributed by atoms with Crippen molar-refractivity contribution in [1.82, 2.24) is 14.7 Å². The van der Waals surface area contributed by atoms with Gasteiger partial charge >= 0.3 is 0 Å². The standard InChI is InChI=1S/C23H29N3O3/c1-17(2)15-24-9-11-25(12-10-24)22(27)20-14-18-6-3-4-7-19(18)16-26(20)23(28)21-8-5-13-29-21/h3-8,13,17,20H,9-12,14-16H2,1-2H3. The monoisotopic (exact) mass is 395 g/mol. The number of furan rings is 1. The number of benzene rings is 1. The number of rotatable bonds is 4. The van der Waals surface area contributed by atoms with Crippen molar-refractivity contribution in [2.24, 2.45) is 5.92 Å². The first-order valence-electron chi connectivity index (χ1n) is 10.5. The smallest absolute Gasteiger partial charge is 0.290 e. The number of fused-ring (bicyclic) bond motifs is 1. The van der Waals surface area contributed by atoms with Crippen molar-refractivity contribution in [2.75, 3.05) is 32.7 Å². The molecule has 1 saturated heterocycles. The molecular weight excluding hydrogens is 366 g/mol. The second-order valence-corrected chi connectivity index (χ2v) is 8.42. The molecular formula is C23H29N3O3. The highest BCUT2D eigenvalue weighted by Gasteiger charge is 2.38. The molecule has 154 valence electrons. The molecule has 3 heterocycles. The minimum atomic E-state index is -0.487. The van der Waals surface area contributed by atoms with Gasteiger partial charge in [0.1, 0.15) is 6.04 Å². The van der Waals surface area contributed by atoms with Crippen LogP contribution in [0.5, 0.6) is 0 Å². The molecule has 1 aromatic carbocycles. The van der Waals surface area contributed by atoms with Crippen LogP contribution in [0.2, 0.25) is 0 Å². The zero-order valence-electron chi connectivity index (χ0n) is 17.2. The van der Waals surface area contributed by atoms with Gasteiger partial charge in [-0.15, -0.1) is 0 Å². The zero-order chi connectivity index (χ0) is 20.4. The first-order chi connectivity index (χ1) is 14.0. The molecule has 0 bridgehead atoms. The van der Waals surface area contributed by atoms with Gasteiger partial charge in [0.05, 0.1) is 6.26 Å². The SMILES string of the molecule is CC(C)CN1CCN(C(=O)C2Cc3ccccc3CN2C(=O)c2ccco2)CC1. The molecule has 0 N–H and O–H groups in total. The van der Waals surface area contributed by atoms with Gasteiger partial charge in [0.2, 0.25) is 5.91 Å². The van der Waals surface area contributed by atoms with Crippen LogP contribution in [0.3, 0.4) is 0 Å². The van der Waals surface area contributed by atoms with Gasteiger partial charge in [0.15, 0.2) is 5.76 Å². The van der Waals surface area contributed by atoms with E-state index in [9.17, 15) is 9.59 Å². The maximum absolute atomic E-state index is 13.5. The van der Waals surface area contributed by atoms with Crippen LogP contribution in [-0.2, 0) is 17.8 Å². The molecule has 2 aliphatic heterocycles. The molecule has 1 fully saturated rings. The highest BCUT2D eigenvalue weighted by Crippen LogP contribution is 2.26. The van der Waals surface area contributed by atoms with E-state index in [-0.39, 0.29) is 17.6 Å². The molecule has 0 spiro atoms. The first-order valence-corrected chi connectivity index (χ1v) is 10.5. The molecule has 6 nitrogen and oxygen atoms in total. The molecule has 1 unspecified atom stereocenters. The summed E-state index contributed by atoms with van der Waals surface area (Å²) in [5.41, 5.74) is 2.24. The van der Waals surface area contributed by atoms with Crippen molar-refractivity contribution in [1.29, 1.82) is 0 Å². The third-order valence-corrected chi connectivity index (χ3v) is 5.83. The quantitative estimate of drug-likeness (QED) is 0.799. The van der Waals surface area contributed by atoms with Gasteiger partial charge in [0.25, 0.3) is 5.91 Å². The number of nitrogens with zero attached hydrogens (tertiary/aromatic N) is 3. The Bertz CT molecular complexity index is 854. The fraction of sp³-hybridized carbons (Fsp3) is 0.478. The van der Waals surface area contributed by atoms with Crippen LogP contribution in [0, 0.1) is 5.92 Å². The normalized spacial score (nSPS) is 20.0. The highest BCUT2D eigenvalue weighted by molar-refractivity contribution is 5.96. The second-order valence-electron chi connectivity index (χ2n) is 8.42. The van der Waals surface area contributed by atoms with E-state index in [1.165, 1.54) is 6.26 Å². The van der Waals surface area contributed by atoms with Gasteiger partial charge in [-0.1, -0.05) is 38.1 Å². The van der Waals surface area contributed by atoms with Crippen molar-refractivity contribution in [3.8, 4) is 0 Å². The van der Waals surface area contributed by atoms with Crippen LogP contribution in [-0.4, -0.2) is 65.3 Å². The van der Waals surface area contributed by atoms with Crippen LogP contribution in [0.4, 0.5) is 0 Å². The lowest BCUT2D eigenvalue weighted by Gasteiger charge is -2.41. The van der Waals surface area contributed by atoms with E-state index in [1.54, 1.807) is 17.0 Å². The van der Waals surface area contributed by atoms with Crippen LogP contribution < -0.4 is 0 Å². The Morgan fingerprint density at radius 1 is 1.03 bits per heavy atom. The molecule has 1 aromatic heterocycles. The molecule has 0 radical (unpaired) electrons. The Morgan fingerprint density at radius 2 is 1.76 bits per heavy atom. The Morgan fingerprint density at radius 3 is 2.41 bits per heavy atom. The average Bonchev–Trinajstić information content (AvgIpc) is 3.27. The topological polar surface area (TPSA) is 57.0 Å². The van der Waals surface area contributed by atoms with Crippen molar-refractivity contribution in [3.63, 3.8) is 0 Å². The van der Waals surface area contributed by atoms with Gasteiger partial charge in [-0.3, -0.25) is 14.5 Å². The minimum absolute atomic E-state index is 0.0450. The molecule has 0 saturated carbocycles. The van der Waals surface area contributed by atoms with Crippen molar-refractivity contribution < 1.29 is 14.0 Å². The van der Waals surface area contributed by atoms with E-state index in [0.717, 1.165) is 30.8 Å². The maximum atomic E-state index is 13.5. The molecule has 29 heavy (non-hydrogen) atoms. The summed E-state index contributed by atoms with van der Waals surface area (Å²) in [5.74, 6) is 0.724. The van der Waals surface area contributed by atoms with Crippen LogP contribution >= 0.6 is 0 Å². The third-order valence-electron chi connectivity index (χ3n) is 5.83. The summed E-state index contributed by atoms with van der Waals surface area (Å²) in [6, 6.07) is 10.9. The van der Waals surface area contributed by atoms with Gasteiger partial charge in [0, 0.05) is 45.7 Å². The van der Waals surface area contributed by atoms with E-state index in [2.05, 4.69) is 24.8 Å². The Balaban J connectivity index is 1.53. The fourth-order valence-electron chi connectivity index (χ4n) is 4.38. The Labute approximate surface area is 172 Å². The number of hydrogen-bond acceptors (Lipinski definition) is 4. The maximum Gasteiger partial charge on any atom is 0.290 e. The van der Waals surface area contributed by atoms with E-state index in [4.69, 9.17) is 4.42 Å². The van der Waals surface area contributed by atoms with Gasteiger partial charge in [-0.25, -0.2) is 0 Å². The summed E-state index contributed by atoms with van der Waals surface area (Å²) in [6.45, 7) is 9.13. The van der Waals surface area contributed by atoms with E-state index < -0.39 is 6.04 Å². The molecule has 4 rings (SSSR count). The minimum Gasteiger partial charge on any atom is -0.459 e. The molecule has 0 aliphatic carbocycles. The van der Waals surface area contributed by atoms with Crippen LogP contribution in [0.1, 0.15) is 35.5 Å². The summed E-state index contributed by atoms with van der Waals surface area (Å²) in [6.07, 6.45) is 2.05. The molecule has 1 atom stereocenters. The van der Waals surface area contributed by atoms with E-state index in [1.807, 2.05) is 23.1 Å². The van der Waals surface area contributed by atoms with Gasteiger partial charge < -0.3 is 14.2 Å². The molecule has 6 heteroatoms. The first kappa shape index (κ1) is 19.7.